The molecule has 0 saturated carbocycles. The van der Waals surface area contributed by atoms with Crippen LogP contribution in [0.4, 0.5) is 0 Å². The van der Waals surface area contributed by atoms with Gasteiger partial charge in [-0.2, -0.15) is 0 Å². The van der Waals surface area contributed by atoms with Gasteiger partial charge in [0.25, 0.3) is 0 Å². The van der Waals surface area contributed by atoms with E-state index in [1.54, 1.807) is 0 Å². The average Bonchev–Trinajstić information content (AvgIpc) is 1.35. The zero-order chi connectivity index (χ0) is 4.99. The van der Waals surface area contributed by atoms with Crippen LogP contribution in [0.5, 0.6) is 0 Å². The number of methoxy groups -OCH3 is 1. The van der Waals surface area contributed by atoms with Gasteiger partial charge in [-0.05, 0) is 0 Å². The monoisotopic (exact) mass is 116 g/mol. The van der Waals surface area contributed by atoms with Gasteiger partial charge in [0.05, 0.1) is 0 Å². The van der Waals surface area contributed by atoms with E-state index in [0.717, 1.165) is 0 Å². The molecule has 40 valence electrons. The first-order valence-corrected chi connectivity index (χ1v) is 1.48. The molecule has 0 aliphatic rings. The van der Waals surface area contributed by atoms with Crippen LogP contribution in [-0.2, 0) is 9.53 Å². The minimum Gasteiger partial charge on any atom is -1.00 e. The Balaban J connectivity index is -0.0000000417. The van der Waals surface area contributed by atoms with Crippen molar-refractivity contribution in [2.75, 3.05) is 13.7 Å². The molecule has 0 unspecified atom stereocenters. The summed E-state index contributed by atoms with van der Waals surface area (Å²) in [4.78, 5) is 9.47. The molecule has 0 radical (unpaired) electrons. The van der Waals surface area contributed by atoms with Crippen molar-refractivity contribution in [3.05, 3.63) is 0 Å². The van der Waals surface area contributed by atoms with Crippen LogP contribution in [0.3, 0.4) is 0 Å². The Bertz CT molecular complexity index is 61.0. The number of aliphatic carboxylic acids is 1. The quantitative estimate of drug-likeness (QED) is 0.498. The SMILES string of the molecule is COCC(=O)O.[H-].[H-].[Mg+2]. The summed E-state index contributed by atoms with van der Waals surface area (Å²) in [6, 6.07) is 0. The Hall–Kier alpha value is 0.196. The Kier molecular flexibility index (Phi) is 9.06. The molecule has 7 heavy (non-hydrogen) atoms. The van der Waals surface area contributed by atoms with Crippen LogP contribution in [0.25, 0.3) is 0 Å². The maximum atomic E-state index is 9.47. The van der Waals surface area contributed by atoms with E-state index in [0.29, 0.717) is 0 Å². The third kappa shape index (κ3) is 10.7. The van der Waals surface area contributed by atoms with Gasteiger partial charge < -0.3 is 12.7 Å². The number of hydrogen-bond donors (Lipinski definition) is 1. The zero-order valence-electron chi connectivity index (χ0n) is 6.18. The summed E-state index contributed by atoms with van der Waals surface area (Å²) in [7, 11) is 1.34. The van der Waals surface area contributed by atoms with Gasteiger partial charge in [0.1, 0.15) is 6.61 Å². The molecule has 0 aliphatic heterocycles. The van der Waals surface area contributed by atoms with Crippen LogP contribution in [0.2, 0.25) is 0 Å². The van der Waals surface area contributed by atoms with Gasteiger partial charge in [-0.1, -0.05) is 0 Å². The standard InChI is InChI=1S/C3H6O3.Mg.2H/c1-6-2-3(4)5;;;/h2H2,1H3,(H,4,5);;;/q;+2;2*-1. The van der Waals surface area contributed by atoms with Crippen LogP contribution in [-0.4, -0.2) is 47.8 Å². The van der Waals surface area contributed by atoms with Gasteiger partial charge in [0.15, 0.2) is 0 Å². The molecular weight excluding hydrogens is 108 g/mol. The van der Waals surface area contributed by atoms with Crippen molar-refractivity contribution < 1.29 is 17.5 Å². The molecular formula is C3H8MgO3. The van der Waals surface area contributed by atoms with E-state index in [4.69, 9.17) is 5.11 Å². The van der Waals surface area contributed by atoms with Crippen molar-refractivity contribution in [1.29, 1.82) is 0 Å². The number of ether oxygens (including phenoxy) is 1. The molecule has 0 aliphatic carbocycles. The van der Waals surface area contributed by atoms with Crippen molar-refractivity contribution in [3.63, 3.8) is 0 Å². The van der Waals surface area contributed by atoms with Gasteiger partial charge in [0, 0.05) is 7.11 Å². The third-order valence-electron chi connectivity index (χ3n) is 0.268. The largest absolute Gasteiger partial charge is 2.00 e. The van der Waals surface area contributed by atoms with Crippen molar-refractivity contribution >= 4 is 29.0 Å². The fourth-order valence-electron chi connectivity index (χ4n) is 0.123. The second-order valence-electron chi connectivity index (χ2n) is 0.827. The second kappa shape index (κ2) is 6.20. The zero-order valence-corrected chi connectivity index (χ0v) is 5.59. The van der Waals surface area contributed by atoms with E-state index in [-0.39, 0.29) is 32.5 Å². The topological polar surface area (TPSA) is 46.5 Å². The van der Waals surface area contributed by atoms with Crippen molar-refractivity contribution in [2.45, 2.75) is 0 Å². The number of carbonyl (C=O) groups is 1. The minimum atomic E-state index is -0.933. The van der Waals surface area contributed by atoms with Gasteiger partial charge in [0.2, 0.25) is 0 Å². The summed E-state index contributed by atoms with van der Waals surface area (Å²) in [5.74, 6) is -0.933. The number of rotatable bonds is 2. The van der Waals surface area contributed by atoms with Gasteiger partial charge in [-0.3, -0.25) is 0 Å². The Morgan fingerprint density at radius 1 is 2.00 bits per heavy atom. The molecule has 0 amide bonds. The normalized spacial score (nSPS) is 7.00. The molecule has 3 nitrogen and oxygen atoms in total. The third-order valence-corrected chi connectivity index (χ3v) is 0.268. The predicted molar refractivity (Wildman–Crippen MR) is 27.5 cm³/mol. The van der Waals surface area contributed by atoms with E-state index in [1.807, 2.05) is 0 Å². The summed E-state index contributed by atoms with van der Waals surface area (Å²) >= 11 is 0. The maximum Gasteiger partial charge on any atom is 2.00 e. The van der Waals surface area contributed by atoms with E-state index in [1.165, 1.54) is 7.11 Å². The minimum absolute atomic E-state index is 0. The van der Waals surface area contributed by atoms with E-state index < -0.39 is 5.97 Å². The van der Waals surface area contributed by atoms with Crippen molar-refractivity contribution in [3.8, 4) is 0 Å². The molecule has 0 saturated heterocycles. The second-order valence-corrected chi connectivity index (χ2v) is 0.827. The fourth-order valence-corrected chi connectivity index (χ4v) is 0.123. The first-order chi connectivity index (χ1) is 2.77. The van der Waals surface area contributed by atoms with Crippen LogP contribution < -0.4 is 0 Å². The summed E-state index contributed by atoms with van der Waals surface area (Å²) in [6.45, 7) is -0.208. The van der Waals surface area contributed by atoms with Crippen LogP contribution in [0.1, 0.15) is 2.85 Å². The molecule has 0 heterocycles. The fraction of sp³-hybridized carbons (Fsp3) is 0.667. The van der Waals surface area contributed by atoms with Crippen LogP contribution in [0.15, 0.2) is 0 Å². The summed E-state index contributed by atoms with van der Waals surface area (Å²) in [5, 5.41) is 7.79. The van der Waals surface area contributed by atoms with E-state index >= 15 is 0 Å². The molecule has 0 spiro atoms. The van der Waals surface area contributed by atoms with Crippen molar-refractivity contribution in [1.82, 2.24) is 0 Å². The van der Waals surface area contributed by atoms with Gasteiger partial charge in [-0.15, -0.1) is 0 Å². The van der Waals surface area contributed by atoms with Crippen LogP contribution >= 0.6 is 0 Å². The molecule has 0 aromatic rings. The first-order valence-electron chi connectivity index (χ1n) is 1.48. The number of hydrogen-bond acceptors (Lipinski definition) is 2. The Morgan fingerprint density at radius 3 is 2.43 bits per heavy atom. The predicted octanol–water partition coefficient (Wildman–Crippen LogP) is -0.438. The van der Waals surface area contributed by atoms with Crippen molar-refractivity contribution in [2.24, 2.45) is 0 Å². The molecule has 0 bridgehead atoms. The number of carboxylic acids is 1. The molecule has 1 N–H and O–H groups in total. The molecule has 0 fully saturated rings. The maximum absolute atomic E-state index is 9.47. The molecule has 0 rings (SSSR count). The first kappa shape index (κ1) is 10.2. The van der Waals surface area contributed by atoms with E-state index in [9.17, 15) is 4.79 Å². The molecule has 4 heteroatoms. The average molecular weight is 116 g/mol. The molecule has 0 atom stereocenters. The summed E-state index contributed by atoms with van der Waals surface area (Å²) < 4.78 is 4.20. The van der Waals surface area contributed by atoms with Gasteiger partial charge in [-0.25, -0.2) is 4.79 Å². The molecule has 0 aromatic carbocycles. The number of carboxylic acid groups (broad SMARTS) is 1. The van der Waals surface area contributed by atoms with Gasteiger partial charge >= 0.3 is 29.0 Å². The Morgan fingerprint density at radius 2 is 2.43 bits per heavy atom. The van der Waals surface area contributed by atoms with E-state index in [2.05, 4.69) is 4.74 Å². The molecule has 0 aromatic heterocycles. The smallest absolute Gasteiger partial charge is 1.00 e. The summed E-state index contributed by atoms with van der Waals surface area (Å²) in [5.41, 5.74) is 0. The Labute approximate surface area is 60.8 Å². The van der Waals surface area contributed by atoms with Crippen LogP contribution in [0, 0.1) is 0 Å². The summed E-state index contributed by atoms with van der Waals surface area (Å²) in [6.07, 6.45) is 0.